The standard InChI is InChI=1S/C15H23NO/c1-11-5-4-6-15(12(11)2)17-10-9-16-13(3)14-7-8-14/h4-6,13-14,16H,7-10H2,1-3H3. The number of rotatable bonds is 6. The minimum Gasteiger partial charge on any atom is -0.492 e. The average molecular weight is 233 g/mol. The Morgan fingerprint density at radius 2 is 2.12 bits per heavy atom. The van der Waals surface area contributed by atoms with Crippen LogP contribution in [0.15, 0.2) is 18.2 Å². The summed E-state index contributed by atoms with van der Waals surface area (Å²) in [6.45, 7) is 8.20. The molecule has 2 nitrogen and oxygen atoms in total. The van der Waals surface area contributed by atoms with Gasteiger partial charge in [0.05, 0.1) is 0 Å². The van der Waals surface area contributed by atoms with Crippen LogP contribution in [0.4, 0.5) is 0 Å². The van der Waals surface area contributed by atoms with Gasteiger partial charge in [0.1, 0.15) is 12.4 Å². The van der Waals surface area contributed by atoms with Gasteiger partial charge in [-0.25, -0.2) is 0 Å². The normalized spacial score (nSPS) is 16.9. The Labute approximate surface area is 104 Å². The second kappa shape index (κ2) is 5.54. The summed E-state index contributed by atoms with van der Waals surface area (Å²) >= 11 is 0. The summed E-state index contributed by atoms with van der Waals surface area (Å²) in [5.41, 5.74) is 2.55. The van der Waals surface area contributed by atoms with Gasteiger partial charge >= 0.3 is 0 Å². The molecule has 1 atom stereocenters. The van der Waals surface area contributed by atoms with Crippen LogP contribution in [0.3, 0.4) is 0 Å². The van der Waals surface area contributed by atoms with Gasteiger partial charge < -0.3 is 10.1 Å². The Hall–Kier alpha value is -1.02. The number of ether oxygens (including phenoxy) is 1. The zero-order valence-electron chi connectivity index (χ0n) is 11.1. The maximum absolute atomic E-state index is 5.81. The molecule has 1 aromatic carbocycles. The lowest BCUT2D eigenvalue weighted by molar-refractivity contribution is 0.301. The van der Waals surface area contributed by atoms with E-state index in [2.05, 4.69) is 38.2 Å². The minimum absolute atomic E-state index is 0.650. The Kier molecular flexibility index (Phi) is 4.06. The maximum atomic E-state index is 5.81. The Balaban J connectivity index is 1.72. The van der Waals surface area contributed by atoms with Gasteiger partial charge in [0.2, 0.25) is 0 Å². The number of aryl methyl sites for hydroxylation is 1. The fourth-order valence-corrected chi connectivity index (χ4v) is 2.09. The molecule has 1 aliphatic rings. The van der Waals surface area contributed by atoms with Crippen LogP contribution in [-0.2, 0) is 0 Å². The van der Waals surface area contributed by atoms with Gasteiger partial charge in [0.15, 0.2) is 0 Å². The molecular formula is C15H23NO. The van der Waals surface area contributed by atoms with Gasteiger partial charge in [-0.3, -0.25) is 0 Å². The smallest absolute Gasteiger partial charge is 0.122 e. The topological polar surface area (TPSA) is 21.3 Å². The molecule has 0 aliphatic heterocycles. The van der Waals surface area contributed by atoms with Crippen molar-refractivity contribution in [3.8, 4) is 5.75 Å². The van der Waals surface area contributed by atoms with Gasteiger partial charge in [0.25, 0.3) is 0 Å². The summed E-state index contributed by atoms with van der Waals surface area (Å²) in [6.07, 6.45) is 2.79. The highest BCUT2D eigenvalue weighted by Gasteiger charge is 2.27. The van der Waals surface area contributed by atoms with Crippen molar-refractivity contribution < 1.29 is 4.74 Å². The van der Waals surface area contributed by atoms with Crippen LogP contribution in [-0.4, -0.2) is 19.2 Å². The first-order chi connectivity index (χ1) is 8.18. The molecule has 1 aromatic rings. The molecule has 2 heteroatoms. The second-order valence-corrected chi connectivity index (χ2v) is 5.13. The van der Waals surface area contributed by atoms with Crippen LogP contribution in [0.1, 0.15) is 30.9 Å². The van der Waals surface area contributed by atoms with E-state index >= 15 is 0 Å². The summed E-state index contributed by atoms with van der Waals surface area (Å²) in [5, 5.41) is 3.52. The molecule has 0 bridgehead atoms. The highest BCUT2D eigenvalue weighted by Crippen LogP contribution is 2.32. The molecule has 0 saturated heterocycles. The molecule has 2 rings (SSSR count). The predicted molar refractivity (Wildman–Crippen MR) is 71.6 cm³/mol. The van der Waals surface area contributed by atoms with E-state index in [1.807, 2.05) is 6.07 Å². The van der Waals surface area contributed by atoms with Gasteiger partial charge in [-0.05, 0) is 56.7 Å². The van der Waals surface area contributed by atoms with Crippen LogP contribution >= 0.6 is 0 Å². The molecule has 0 amide bonds. The summed E-state index contributed by atoms with van der Waals surface area (Å²) < 4.78 is 5.81. The van der Waals surface area contributed by atoms with E-state index < -0.39 is 0 Å². The molecule has 1 aliphatic carbocycles. The summed E-state index contributed by atoms with van der Waals surface area (Å²) in [7, 11) is 0. The number of hydrogen-bond donors (Lipinski definition) is 1. The van der Waals surface area contributed by atoms with E-state index in [-0.39, 0.29) is 0 Å². The Morgan fingerprint density at radius 3 is 2.82 bits per heavy atom. The van der Waals surface area contributed by atoms with Crippen molar-refractivity contribution in [2.24, 2.45) is 5.92 Å². The SMILES string of the molecule is Cc1cccc(OCCNC(C)C2CC2)c1C. The molecule has 0 spiro atoms. The quantitative estimate of drug-likeness (QED) is 0.762. The van der Waals surface area contributed by atoms with Crippen molar-refractivity contribution in [1.82, 2.24) is 5.32 Å². The predicted octanol–water partition coefficient (Wildman–Crippen LogP) is 3.07. The molecule has 0 heterocycles. The molecule has 1 fully saturated rings. The average Bonchev–Trinajstić information content (AvgIpc) is 3.13. The first-order valence-electron chi connectivity index (χ1n) is 6.61. The fraction of sp³-hybridized carbons (Fsp3) is 0.600. The lowest BCUT2D eigenvalue weighted by atomic mass is 10.1. The van der Waals surface area contributed by atoms with Crippen molar-refractivity contribution >= 4 is 0 Å². The maximum Gasteiger partial charge on any atom is 0.122 e. The van der Waals surface area contributed by atoms with Gasteiger partial charge in [-0.1, -0.05) is 12.1 Å². The minimum atomic E-state index is 0.650. The van der Waals surface area contributed by atoms with E-state index in [0.29, 0.717) is 6.04 Å². The summed E-state index contributed by atoms with van der Waals surface area (Å²) in [6, 6.07) is 6.87. The van der Waals surface area contributed by atoms with Gasteiger partial charge in [-0.15, -0.1) is 0 Å². The van der Waals surface area contributed by atoms with Crippen molar-refractivity contribution in [1.29, 1.82) is 0 Å². The molecule has 1 unspecified atom stereocenters. The van der Waals surface area contributed by atoms with E-state index in [9.17, 15) is 0 Å². The van der Waals surface area contributed by atoms with Crippen LogP contribution < -0.4 is 10.1 Å². The molecule has 0 radical (unpaired) electrons. The third-order valence-corrected chi connectivity index (χ3v) is 3.71. The molecule has 0 aromatic heterocycles. The van der Waals surface area contributed by atoms with Gasteiger partial charge in [-0.2, -0.15) is 0 Å². The molecule has 17 heavy (non-hydrogen) atoms. The van der Waals surface area contributed by atoms with Crippen LogP contribution in [0.5, 0.6) is 5.75 Å². The third-order valence-electron chi connectivity index (χ3n) is 3.71. The van der Waals surface area contributed by atoms with Crippen molar-refractivity contribution in [3.63, 3.8) is 0 Å². The zero-order valence-corrected chi connectivity index (χ0v) is 11.1. The summed E-state index contributed by atoms with van der Waals surface area (Å²) in [4.78, 5) is 0. The molecule has 1 saturated carbocycles. The Bertz CT molecular complexity index is 371. The highest BCUT2D eigenvalue weighted by atomic mass is 16.5. The van der Waals surface area contributed by atoms with E-state index in [1.165, 1.54) is 24.0 Å². The lowest BCUT2D eigenvalue weighted by Gasteiger charge is -2.14. The summed E-state index contributed by atoms with van der Waals surface area (Å²) in [5.74, 6) is 1.93. The monoisotopic (exact) mass is 233 g/mol. The first-order valence-corrected chi connectivity index (χ1v) is 6.61. The van der Waals surface area contributed by atoms with E-state index in [1.54, 1.807) is 0 Å². The van der Waals surface area contributed by atoms with Crippen LogP contribution in [0.25, 0.3) is 0 Å². The Morgan fingerprint density at radius 1 is 1.35 bits per heavy atom. The van der Waals surface area contributed by atoms with Crippen molar-refractivity contribution in [2.45, 2.75) is 39.7 Å². The molecule has 1 N–H and O–H groups in total. The largest absolute Gasteiger partial charge is 0.492 e. The second-order valence-electron chi connectivity index (χ2n) is 5.13. The number of benzene rings is 1. The number of hydrogen-bond acceptors (Lipinski definition) is 2. The van der Waals surface area contributed by atoms with Crippen LogP contribution in [0, 0.1) is 19.8 Å². The van der Waals surface area contributed by atoms with Crippen LogP contribution in [0.2, 0.25) is 0 Å². The van der Waals surface area contributed by atoms with Crippen molar-refractivity contribution in [2.75, 3.05) is 13.2 Å². The van der Waals surface area contributed by atoms with Gasteiger partial charge in [0, 0.05) is 12.6 Å². The van der Waals surface area contributed by atoms with E-state index in [4.69, 9.17) is 4.74 Å². The highest BCUT2D eigenvalue weighted by molar-refractivity contribution is 5.38. The first kappa shape index (κ1) is 12.4. The van der Waals surface area contributed by atoms with E-state index in [0.717, 1.165) is 24.8 Å². The molecular weight excluding hydrogens is 210 g/mol. The van der Waals surface area contributed by atoms with Crippen molar-refractivity contribution in [3.05, 3.63) is 29.3 Å². The lowest BCUT2D eigenvalue weighted by Crippen LogP contribution is -2.31. The zero-order chi connectivity index (χ0) is 12.3. The number of nitrogens with one attached hydrogen (secondary N) is 1. The fourth-order valence-electron chi connectivity index (χ4n) is 2.09. The molecule has 94 valence electrons. The third kappa shape index (κ3) is 3.47.